The number of rotatable bonds is 6. The molecule has 1 aliphatic carbocycles. The molecule has 0 aromatic heterocycles. The Morgan fingerprint density at radius 1 is 1.17 bits per heavy atom. The summed E-state index contributed by atoms with van der Waals surface area (Å²) in [6.07, 6.45) is 3.61. The third-order valence-corrected chi connectivity index (χ3v) is 5.16. The highest BCUT2D eigenvalue weighted by Crippen LogP contribution is 2.30. The first-order valence-electron chi connectivity index (χ1n) is 8.82. The van der Waals surface area contributed by atoms with E-state index in [1.165, 1.54) is 5.69 Å². The lowest BCUT2D eigenvalue weighted by atomic mass is 9.85. The fourth-order valence-corrected chi connectivity index (χ4v) is 3.74. The molecule has 1 aromatic carbocycles. The van der Waals surface area contributed by atoms with Crippen LogP contribution in [0, 0.1) is 5.92 Å². The van der Waals surface area contributed by atoms with E-state index in [1.807, 2.05) is 12.1 Å². The smallest absolute Gasteiger partial charge is 0.306 e. The van der Waals surface area contributed by atoms with Crippen LogP contribution in [0.4, 0.5) is 5.69 Å². The Bertz CT molecular complexity index is 541. The molecule has 1 saturated carbocycles. The molecule has 2 fully saturated rings. The zero-order chi connectivity index (χ0) is 16.9. The molecule has 2 aliphatic rings. The quantitative estimate of drug-likeness (QED) is 0.826. The van der Waals surface area contributed by atoms with Crippen molar-refractivity contribution in [1.29, 1.82) is 0 Å². The molecule has 0 spiro atoms. The number of aliphatic carboxylic acids is 1. The van der Waals surface area contributed by atoms with Gasteiger partial charge >= 0.3 is 5.97 Å². The van der Waals surface area contributed by atoms with E-state index in [0.717, 1.165) is 51.2 Å². The molecule has 1 aromatic rings. The van der Waals surface area contributed by atoms with Crippen LogP contribution in [-0.4, -0.2) is 54.9 Å². The Morgan fingerprint density at radius 3 is 2.50 bits per heavy atom. The van der Waals surface area contributed by atoms with Crippen molar-refractivity contribution in [2.75, 3.05) is 37.8 Å². The molecule has 0 bridgehead atoms. The molecule has 1 heterocycles. The van der Waals surface area contributed by atoms with E-state index >= 15 is 0 Å². The SMILES string of the molecule is NCCOc1ccc(N2CCN(C3CCC(C(=O)O)CC3)C2)cc1. The monoisotopic (exact) mass is 333 g/mol. The van der Waals surface area contributed by atoms with Crippen molar-refractivity contribution in [2.45, 2.75) is 31.7 Å². The maximum Gasteiger partial charge on any atom is 0.306 e. The largest absolute Gasteiger partial charge is 0.492 e. The molecular weight excluding hydrogens is 306 g/mol. The van der Waals surface area contributed by atoms with Crippen LogP contribution < -0.4 is 15.4 Å². The number of anilines is 1. The van der Waals surface area contributed by atoms with Gasteiger partial charge in [0, 0.05) is 31.4 Å². The second-order valence-corrected chi connectivity index (χ2v) is 6.69. The maximum absolute atomic E-state index is 11.1. The van der Waals surface area contributed by atoms with Gasteiger partial charge in [-0.3, -0.25) is 9.69 Å². The fraction of sp³-hybridized carbons (Fsp3) is 0.611. The molecule has 6 heteroatoms. The molecular formula is C18H27N3O3. The number of hydrogen-bond acceptors (Lipinski definition) is 5. The minimum absolute atomic E-state index is 0.138. The number of carboxylic acids is 1. The summed E-state index contributed by atoms with van der Waals surface area (Å²) in [5.41, 5.74) is 6.65. The van der Waals surface area contributed by atoms with Gasteiger partial charge in [0.05, 0.1) is 12.6 Å². The second kappa shape index (κ2) is 7.85. The van der Waals surface area contributed by atoms with Crippen molar-refractivity contribution in [3.63, 3.8) is 0 Å². The number of nitrogens with two attached hydrogens (primary N) is 1. The number of benzene rings is 1. The highest BCUT2D eigenvalue weighted by Gasteiger charge is 2.32. The minimum Gasteiger partial charge on any atom is -0.492 e. The summed E-state index contributed by atoms with van der Waals surface area (Å²) in [6.45, 7) is 4.05. The first-order chi connectivity index (χ1) is 11.7. The van der Waals surface area contributed by atoms with Gasteiger partial charge in [-0.15, -0.1) is 0 Å². The van der Waals surface area contributed by atoms with E-state index in [2.05, 4.69) is 21.9 Å². The Labute approximate surface area is 143 Å². The maximum atomic E-state index is 11.1. The molecule has 0 radical (unpaired) electrons. The van der Waals surface area contributed by atoms with Gasteiger partial charge < -0.3 is 20.5 Å². The van der Waals surface area contributed by atoms with Gasteiger partial charge in [-0.05, 0) is 49.9 Å². The molecule has 3 N–H and O–H groups in total. The van der Waals surface area contributed by atoms with Crippen LogP contribution in [0.5, 0.6) is 5.75 Å². The van der Waals surface area contributed by atoms with E-state index in [9.17, 15) is 4.79 Å². The van der Waals surface area contributed by atoms with Gasteiger partial charge in [-0.2, -0.15) is 0 Å². The van der Waals surface area contributed by atoms with Crippen molar-refractivity contribution in [3.8, 4) is 5.75 Å². The van der Waals surface area contributed by atoms with Gasteiger partial charge in [0.2, 0.25) is 0 Å². The van der Waals surface area contributed by atoms with Crippen molar-refractivity contribution in [3.05, 3.63) is 24.3 Å². The molecule has 0 unspecified atom stereocenters. The summed E-state index contributed by atoms with van der Waals surface area (Å²) in [4.78, 5) is 15.9. The third-order valence-electron chi connectivity index (χ3n) is 5.16. The van der Waals surface area contributed by atoms with Gasteiger partial charge in [0.1, 0.15) is 12.4 Å². The minimum atomic E-state index is -0.631. The molecule has 6 nitrogen and oxygen atoms in total. The zero-order valence-electron chi connectivity index (χ0n) is 14.1. The lowest BCUT2D eigenvalue weighted by Gasteiger charge is -2.33. The van der Waals surface area contributed by atoms with E-state index < -0.39 is 5.97 Å². The van der Waals surface area contributed by atoms with Crippen LogP contribution >= 0.6 is 0 Å². The van der Waals surface area contributed by atoms with Gasteiger partial charge in [0.15, 0.2) is 0 Å². The highest BCUT2D eigenvalue weighted by molar-refractivity contribution is 5.70. The van der Waals surface area contributed by atoms with Crippen molar-refractivity contribution >= 4 is 11.7 Å². The van der Waals surface area contributed by atoms with Gasteiger partial charge in [-0.25, -0.2) is 0 Å². The highest BCUT2D eigenvalue weighted by atomic mass is 16.5. The van der Waals surface area contributed by atoms with Crippen LogP contribution in [0.2, 0.25) is 0 Å². The first kappa shape index (κ1) is 17.0. The zero-order valence-corrected chi connectivity index (χ0v) is 14.1. The first-order valence-corrected chi connectivity index (χ1v) is 8.82. The average molecular weight is 333 g/mol. The van der Waals surface area contributed by atoms with E-state index in [-0.39, 0.29) is 5.92 Å². The summed E-state index contributed by atoms with van der Waals surface area (Å²) >= 11 is 0. The van der Waals surface area contributed by atoms with Gasteiger partial charge in [0.25, 0.3) is 0 Å². The van der Waals surface area contributed by atoms with E-state index in [1.54, 1.807) is 0 Å². The number of carbonyl (C=O) groups is 1. The van der Waals surface area contributed by atoms with E-state index in [4.69, 9.17) is 15.6 Å². The predicted molar refractivity (Wildman–Crippen MR) is 93.3 cm³/mol. The fourth-order valence-electron chi connectivity index (χ4n) is 3.74. The van der Waals surface area contributed by atoms with Crippen molar-refractivity contribution in [1.82, 2.24) is 4.90 Å². The molecule has 0 atom stereocenters. The Kier molecular flexibility index (Phi) is 5.58. The molecule has 0 amide bonds. The topological polar surface area (TPSA) is 79.0 Å². The number of carboxylic acid groups (broad SMARTS) is 1. The molecule has 1 saturated heterocycles. The Hall–Kier alpha value is -1.79. The summed E-state index contributed by atoms with van der Waals surface area (Å²) in [7, 11) is 0. The molecule has 3 rings (SSSR count). The second-order valence-electron chi connectivity index (χ2n) is 6.69. The summed E-state index contributed by atoms with van der Waals surface area (Å²) < 4.78 is 5.52. The van der Waals surface area contributed by atoms with E-state index in [0.29, 0.717) is 19.2 Å². The average Bonchev–Trinajstić information content (AvgIpc) is 3.10. The van der Waals surface area contributed by atoms with Crippen molar-refractivity contribution < 1.29 is 14.6 Å². The number of ether oxygens (including phenoxy) is 1. The van der Waals surface area contributed by atoms with Crippen LogP contribution in [0.15, 0.2) is 24.3 Å². The van der Waals surface area contributed by atoms with Crippen LogP contribution in [0.25, 0.3) is 0 Å². The summed E-state index contributed by atoms with van der Waals surface area (Å²) in [5.74, 6) is 0.0849. The van der Waals surface area contributed by atoms with Crippen LogP contribution in [-0.2, 0) is 4.79 Å². The predicted octanol–water partition coefficient (Wildman–Crippen LogP) is 1.75. The normalized spacial score (nSPS) is 25.0. The number of nitrogens with zero attached hydrogens (tertiary/aromatic N) is 2. The summed E-state index contributed by atoms with van der Waals surface area (Å²) in [6, 6.07) is 8.70. The Balaban J connectivity index is 1.51. The van der Waals surface area contributed by atoms with Crippen molar-refractivity contribution in [2.24, 2.45) is 11.7 Å². The summed E-state index contributed by atoms with van der Waals surface area (Å²) in [5, 5.41) is 9.12. The lowest BCUT2D eigenvalue weighted by Crippen LogP contribution is -2.38. The molecule has 1 aliphatic heterocycles. The Morgan fingerprint density at radius 2 is 1.88 bits per heavy atom. The lowest BCUT2D eigenvalue weighted by molar-refractivity contribution is -0.143. The van der Waals surface area contributed by atoms with Crippen LogP contribution in [0.1, 0.15) is 25.7 Å². The number of hydrogen-bond donors (Lipinski definition) is 2. The van der Waals surface area contributed by atoms with Gasteiger partial charge in [-0.1, -0.05) is 0 Å². The molecule has 24 heavy (non-hydrogen) atoms. The standard InChI is InChI=1S/C18H27N3O3/c19-9-12-24-17-7-5-16(6-8-17)21-11-10-20(13-21)15-3-1-14(2-4-15)18(22)23/h5-8,14-15H,1-4,9-13,19H2,(H,22,23). The molecule has 132 valence electrons. The third kappa shape index (κ3) is 3.99. The van der Waals surface area contributed by atoms with Crippen LogP contribution in [0.3, 0.4) is 0 Å².